The zero-order chi connectivity index (χ0) is 22.5. The van der Waals surface area contributed by atoms with Crippen molar-refractivity contribution in [1.29, 1.82) is 0 Å². The van der Waals surface area contributed by atoms with Gasteiger partial charge in [-0.25, -0.2) is 4.79 Å². The summed E-state index contributed by atoms with van der Waals surface area (Å²) in [5.74, 6) is -0.887. The lowest BCUT2D eigenvalue weighted by molar-refractivity contribution is -0.160. The van der Waals surface area contributed by atoms with E-state index in [1.165, 1.54) is 13.4 Å². The average Bonchev–Trinajstić information content (AvgIpc) is 3.25. The molecule has 2 aromatic rings. The van der Waals surface area contributed by atoms with E-state index in [2.05, 4.69) is 27.3 Å². The van der Waals surface area contributed by atoms with Crippen molar-refractivity contribution in [2.24, 2.45) is 11.8 Å². The molecule has 6 nitrogen and oxygen atoms in total. The summed E-state index contributed by atoms with van der Waals surface area (Å²) in [6, 6.07) is 17.1. The van der Waals surface area contributed by atoms with E-state index in [4.69, 9.17) is 14.2 Å². The highest BCUT2D eigenvalue weighted by molar-refractivity contribution is 9.10. The zero-order valence-corrected chi connectivity index (χ0v) is 19.2. The zero-order valence-electron chi connectivity index (χ0n) is 17.6. The normalized spacial score (nSPS) is 21.6. The third-order valence-corrected chi connectivity index (χ3v) is 6.23. The summed E-state index contributed by atoms with van der Waals surface area (Å²) >= 11 is 3.39. The van der Waals surface area contributed by atoms with Crippen molar-refractivity contribution < 1.29 is 23.8 Å². The van der Waals surface area contributed by atoms with E-state index < -0.39 is 12.3 Å². The van der Waals surface area contributed by atoms with Crippen LogP contribution < -0.4 is 5.32 Å². The maximum Gasteiger partial charge on any atom is 0.337 e. The third-order valence-electron chi connectivity index (χ3n) is 5.74. The Hall–Kier alpha value is -2.90. The fraction of sp³-hybridized carbons (Fsp3) is 0.280. The molecule has 4 rings (SSSR count). The van der Waals surface area contributed by atoms with Gasteiger partial charge in [0.1, 0.15) is 0 Å². The minimum Gasteiger partial charge on any atom is -0.471 e. The maximum atomic E-state index is 12.6. The van der Waals surface area contributed by atoms with Crippen LogP contribution in [0, 0.1) is 11.8 Å². The van der Waals surface area contributed by atoms with E-state index in [9.17, 15) is 9.59 Å². The first kappa shape index (κ1) is 22.3. The lowest BCUT2D eigenvalue weighted by atomic mass is 9.83. The molecule has 0 bridgehead atoms. The van der Waals surface area contributed by atoms with Crippen molar-refractivity contribution in [3.05, 3.63) is 93.7 Å². The molecule has 1 aliphatic heterocycles. The minimum absolute atomic E-state index is 0.116. The highest BCUT2D eigenvalue weighted by Crippen LogP contribution is 2.43. The Balaban J connectivity index is 1.48. The van der Waals surface area contributed by atoms with Crippen molar-refractivity contribution >= 4 is 27.8 Å². The minimum atomic E-state index is -0.565. The van der Waals surface area contributed by atoms with Crippen LogP contribution in [-0.4, -0.2) is 31.8 Å². The topological polar surface area (TPSA) is 73.9 Å². The second-order valence-electron chi connectivity index (χ2n) is 7.71. The fourth-order valence-corrected chi connectivity index (χ4v) is 4.53. The van der Waals surface area contributed by atoms with Crippen LogP contribution in [0.2, 0.25) is 0 Å². The molecule has 2 aromatic carbocycles. The molecule has 3 atom stereocenters. The Morgan fingerprint density at radius 1 is 1.16 bits per heavy atom. The van der Waals surface area contributed by atoms with E-state index in [1.807, 2.05) is 42.5 Å². The Kier molecular flexibility index (Phi) is 7.07. The standard InChI is InChI=1S/C25H24BrNO5/c1-30-24(29)21-15-32-25(31-14-16-6-3-2-4-7-16)22-18(10-11-20(21)22)13-27-23(28)17-8-5-9-19(26)12-17/h2-10,12,15,20,22,25H,11,13-14H2,1H3,(H,27,28)/t20-,22-,25-/m1/s1. The molecular weight excluding hydrogens is 474 g/mol. The molecule has 0 fully saturated rings. The van der Waals surface area contributed by atoms with Crippen LogP contribution in [0.15, 0.2) is 82.6 Å². The van der Waals surface area contributed by atoms with Gasteiger partial charge in [0.2, 0.25) is 6.29 Å². The SMILES string of the molecule is COC(=O)C1=CO[C@@H](OCc2ccccc2)[C@@H]2C(CNC(=O)c3cccc(Br)c3)=CC[C@H]12. The molecule has 2 aliphatic rings. The number of nitrogens with one attached hydrogen (secondary N) is 1. The molecule has 0 unspecified atom stereocenters. The van der Waals surface area contributed by atoms with E-state index >= 15 is 0 Å². The number of carbonyl (C=O) groups is 2. The summed E-state index contributed by atoms with van der Waals surface area (Å²) in [6.45, 7) is 0.726. The van der Waals surface area contributed by atoms with Crippen LogP contribution >= 0.6 is 15.9 Å². The van der Waals surface area contributed by atoms with Crippen molar-refractivity contribution in [3.63, 3.8) is 0 Å². The first-order valence-corrected chi connectivity index (χ1v) is 11.2. The number of benzene rings is 2. The van der Waals surface area contributed by atoms with Gasteiger partial charge in [-0.3, -0.25) is 4.79 Å². The lowest BCUT2D eigenvalue weighted by Crippen LogP contribution is -2.39. The van der Waals surface area contributed by atoms with Crippen LogP contribution in [0.1, 0.15) is 22.3 Å². The van der Waals surface area contributed by atoms with Crippen molar-refractivity contribution in [1.82, 2.24) is 5.32 Å². The lowest BCUT2D eigenvalue weighted by Gasteiger charge is -2.35. The van der Waals surface area contributed by atoms with Gasteiger partial charge in [0.25, 0.3) is 5.91 Å². The largest absolute Gasteiger partial charge is 0.471 e. The number of hydrogen-bond donors (Lipinski definition) is 1. The molecule has 0 radical (unpaired) electrons. The van der Waals surface area contributed by atoms with Gasteiger partial charge in [-0.05, 0) is 35.8 Å². The van der Waals surface area contributed by atoms with Gasteiger partial charge in [-0.2, -0.15) is 0 Å². The predicted molar refractivity (Wildman–Crippen MR) is 122 cm³/mol. The van der Waals surface area contributed by atoms with Gasteiger partial charge >= 0.3 is 5.97 Å². The summed E-state index contributed by atoms with van der Waals surface area (Å²) < 4.78 is 17.7. The summed E-state index contributed by atoms with van der Waals surface area (Å²) in [5.41, 5.74) is 3.07. The summed E-state index contributed by atoms with van der Waals surface area (Å²) in [5, 5.41) is 2.98. The first-order chi connectivity index (χ1) is 15.6. The number of amides is 1. The Labute approximate surface area is 195 Å². The van der Waals surface area contributed by atoms with E-state index in [0.29, 0.717) is 30.7 Å². The second-order valence-corrected chi connectivity index (χ2v) is 8.62. The number of rotatable bonds is 7. The van der Waals surface area contributed by atoms with Crippen LogP contribution in [0.5, 0.6) is 0 Å². The maximum absolute atomic E-state index is 12.6. The molecule has 7 heteroatoms. The highest BCUT2D eigenvalue weighted by Gasteiger charge is 2.44. The molecule has 0 aromatic heterocycles. The van der Waals surface area contributed by atoms with E-state index in [-0.39, 0.29) is 17.7 Å². The van der Waals surface area contributed by atoms with Crippen LogP contribution in [0.4, 0.5) is 0 Å². The Morgan fingerprint density at radius 2 is 1.97 bits per heavy atom. The molecule has 166 valence electrons. The van der Waals surface area contributed by atoms with Gasteiger partial charge in [0, 0.05) is 22.5 Å². The monoisotopic (exact) mass is 497 g/mol. The number of hydrogen-bond acceptors (Lipinski definition) is 5. The van der Waals surface area contributed by atoms with Crippen molar-refractivity contribution in [2.75, 3.05) is 13.7 Å². The molecule has 1 aliphatic carbocycles. The second kappa shape index (κ2) is 10.1. The highest BCUT2D eigenvalue weighted by atomic mass is 79.9. The third kappa shape index (κ3) is 4.95. The van der Waals surface area contributed by atoms with Crippen LogP contribution in [0.3, 0.4) is 0 Å². The molecule has 0 saturated carbocycles. The fourth-order valence-electron chi connectivity index (χ4n) is 4.13. The van der Waals surface area contributed by atoms with Crippen LogP contribution in [-0.2, 0) is 25.6 Å². The van der Waals surface area contributed by atoms with E-state index in [0.717, 1.165) is 15.6 Å². The summed E-state index contributed by atoms with van der Waals surface area (Å²) in [6.07, 6.45) is 3.60. The molecule has 1 heterocycles. The number of methoxy groups -OCH3 is 1. The van der Waals surface area contributed by atoms with Crippen molar-refractivity contribution in [3.8, 4) is 0 Å². The number of carbonyl (C=O) groups excluding carboxylic acids is 2. The first-order valence-electron chi connectivity index (χ1n) is 10.4. The Morgan fingerprint density at radius 3 is 2.72 bits per heavy atom. The number of esters is 1. The summed E-state index contributed by atoms with van der Waals surface area (Å²) in [7, 11) is 1.36. The van der Waals surface area contributed by atoms with Gasteiger partial charge in [0.15, 0.2) is 0 Å². The van der Waals surface area contributed by atoms with Gasteiger partial charge < -0.3 is 19.5 Å². The smallest absolute Gasteiger partial charge is 0.337 e. The molecule has 1 amide bonds. The number of ether oxygens (including phenoxy) is 3. The van der Waals surface area contributed by atoms with E-state index in [1.54, 1.807) is 12.1 Å². The van der Waals surface area contributed by atoms with Crippen LogP contribution in [0.25, 0.3) is 0 Å². The molecule has 32 heavy (non-hydrogen) atoms. The predicted octanol–water partition coefficient (Wildman–Crippen LogP) is 4.37. The number of allylic oxidation sites excluding steroid dienone is 1. The van der Waals surface area contributed by atoms with Crippen molar-refractivity contribution in [2.45, 2.75) is 19.3 Å². The number of halogens is 1. The van der Waals surface area contributed by atoms with Gasteiger partial charge in [0.05, 0.1) is 31.5 Å². The molecule has 0 saturated heterocycles. The quantitative estimate of drug-likeness (QED) is 0.454. The van der Waals surface area contributed by atoms with Gasteiger partial charge in [-0.1, -0.05) is 58.4 Å². The molecule has 0 spiro atoms. The molecular formula is C25H24BrNO5. The number of fused-ring (bicyclic) bond motifs is 1. The average molecular weight is 498 g/mol. The molecule has 1 N–H and O–H groups in total. The summed E-state index contributed by atoms with van der Waals surface area (Å²) in [4.78, 5) is 24.9. The van der Waals surface area contributed by atoms with Gasteiger partial charge in [-0.15, -0.1) is 0 Å². The Bertz CT molecular complexity index is 1050.